The predicted octanol–water partition coefficient (Wildman–Crippen LogP) is -0.780. The number of piperidine rings is 2. The maximum absolute atomic E-state index is 12.3. The summed E-state index contributed by atoms with van der Waals surface area (Å²) >= 11 is 0. The molecule has 4 rings (SSSR count). The van der Waals surface area contributed by atoms with E-state index in [9.17, 15) is 10.2 Å². The fourth-order valence-electron chi connectivity index (χ4n) is 6.62. The molecule has 0 aromatic carbocycles. The zero-order chi connectivity index (χ0) is 16.8. The van der Waals surface area contributed by atoms with Crippen molar-refractivity contribution in [2.75, 3.05) is 27.3 Å². The zero-order valence-electron chi connectivity index (χ0n) is 15.0. The Hall–Kier alpha value is -0.200. The standard InChI is InChI=1S/C19H32NO4/c1-23-18-8-12-5-6-20-10-14-11(3-4-16(21)19(14)24-2)7-15(20)13(12)9-17(18)22/h11-19,22H,3-10H2,1-2H3/q-1/p+1. The second kappa shape index (κ2) is 6.84. The van der Waals surface area contributed by atoms with Gasteiger partial charge in [-0.3, -0.25) is 0 Å². The molecule has 24 heavy (non-hydrogen) atoms. The largest absolute Gasteiger partial charge is 0.850 e. The molecule has 5 nitrogen and oxygen atoms in total. The van der Waals surface area contributed by atoms with Crippen molar-refractivity contribution in [3.05, 3.63) is 0 Å². The first kappa shape index (κ1) is 17.2. The van der Waals surface area contributed by atoms with E-state index in [0.29, 0.717) is 29.7 Å². The monoisotopic (exact) mass is 339 g/mol. The number of fused-ring (bicyclic) bond motifs is 4. The smallest absolute Gasteiger partial charge is 0.0909 e. The first-order chi connectivity index (χ1) is 11.6. The average molecular weight is 339 g/mol. The lowest BCUT2D eigenvalue weighted by Gasteiger charge is -2.56. The molecule has 2 heterocycles. The molecular formula is C19H33NO4. The normalized spacial score (nSPS) is 54.5. The highest BCUT2D eigenvalue weighted by Gasteiger charge is 2.52. The molecule has 0 radical (unpaired) electrons. The maximum atomic E-state index is 12.3. The molecule has 4 fully saturated rings. The molecule has 0 aromatic rings. The Balaban J connectivity index is 1.49. The second-order valence-electron chi connectivity index (χ2n) is 8.72. The van der Waals surface area contributed by atoms with Crippen LogP contribution in [0, 0.1) is 23.7 Å². The van der Waals surface area contributed by atoms with Crippen molar-refractivity contribution in [2.24, 2.45) is 23.7 Å². The highest BCUT2D eigenvalue weighted by atomic mass is 16.5. The average Bonchev–Trinajstić information content (AvgIpc) is 2.59. The van der Waals surface area contributed by atoms with Crippen molar-refractivity contribution in [3.63, 3.8) is 0 Å². The topological polar surface area (TPSA) is 66.2 Å². The molecule has 2 saturated heterocycles. The fraction of sp³-hybridized carbons (Fsp3) is 1.00. The Kier molecular flexibility index (Phi) is 4.91. The summed E-state index contributed by atoms with van der Waals surface area (Å²) in [5.41, 5.74) is 0. The molecule has 0 aromatic heterocycles. The number of aliphatic hydroxyl groups is 1. The van der Waals surface area contributed by atoms with Crippen molar-refractivity contribution in [1.82, 2.24) is 0 Å². The first-order valence-corrected chi connectivity index (χ1v) is 9.86. The molecular weight excluding hydrogens is 306 g/mol. The molecule has 5 heteroatoms. The van der Waals surface area contributed by atoms with E-state index < -0.39 is 6.10 Å². The van der Waals surface area contributed by atoms with Crippen LogP contribution >= 0.6 is 0 Å². The van der Waals surface area contributed by atoms with E-state index in [1.165, 1.54) is 19.4 Å². The van der Waals surface area contributed by atoms with Gasteiger partial charge in [-0.05, 0) is 31.1 Å². The SMILES string of the molecule is COC1CC2CC[NH+]3CC4C(CCC([O-])C4OC)CC3C2CC1O. The Morgan fingerprint density at radius 1 is 0.958 bits per heavy atom. The minimum Gasteiger partial charge on any atom is -0.850 e. The Labute approximate surface area is 145 Å². The number of rotatable bonds is 2. The minimum atomic E-state index is -0.538. The van der Waals surface area contributed by atoms with Crippen LogP contribution in [0.5, 0.6) is 0 Å². The van der Waals surface area contributed by atoms with E-state index in [1.807, 2.05) is 0 Å². The molecule has 0 bridgehead atoms. The van der Waals surface area contributed by atoms with Gasteiger partial charge in [0.2, 0.25) is 0 Å². The number of hydrogen-bond donors (Lipinski definition) is 2. The Morgan fingerprint density at radius 3 is 2.50 bits per heavy atom. The van der Waals surface area contributed by atoms with Gasteiger partial charge in [-0.2, -0.15) is 0 Å². The first-order valence-electron chi connectivity index (χ1n) is 9.86. The van der Waals surface area contributed by atoms with Gasteiger partial charge in [0.15, 0.2) is 0 Å². The highest BCUT2D eigenvalue weighted by molar-refractivity contribution is 4.97. The lowest BCUT2D eigenvalue weighted by Crippen LogP contribution is -3.20. The molecule has 138 valence electrons. The van der Waals surface area contributed by atoms with Crippen LogP contribution in [0.3, 0.4) is 0 Å². The summed E-state index contributed by atoms with van der Waals surface area (Å²) in [4.78, 5) is 1.68. The van der Waals surface area contributed by atoms with E-state index >= 15 is 0 Å². The van der Waals surface area contributed by atoms with E-state index in [2.05, 4.69) is 0 Å². The molecule has 2 aliphatic heterocycles. The van der Waals surface area contributed by atoms with Gasteiger partial charge in [-0.1, -0.05) is 18.9 Å². The van der Waals surface area contributed by atoms with E-state index in [-0.39, 0.29) is 18.3 Å². The van der Waals surface area contributed by atoms with Crippen LogP contribution in [0.25, 0.3) is 0 Å². The third-order valence-electron chi connectivity index (χ3n) is 7.81. The van der Waals surface area contributed by atoms with E-state index in [0.717, 1.165) is 32.2 Å². The molecule has 2 N–H and O–H groups in total. The summed E-state index contributed by atoms with van der Waals surface area (Å²) in [5.74, 6) is 2.42. The van der Waals surface area contributed by atoms with Crippen LogP contribution in [-0.2, 0) is 9.47 Å². The number of methoxy groups -OCH3 is 2. The van der Waals surface area contributed by atoms with E-state index in [1.54, 1.807) is 19.1 Å². The van der Waals surface area contributed by atoms with Crippen LogP contribution in [0.1, 0.15) is 38.5 Å². The Morgan fingerprint density at radius 2 is 1.75 bits per heavy atom. The van der Waals surface area contributed by atoms with Crippen molar-refractivity contribution in [1.29, 1.82) is 0 Å². The van der Waals surface area contributed by atoms with Crippen molar-refractivity contribution >= 4 is 0 Å². The van der Waals surface area contributed by atoms with Crippen LogP contribution in [0.15, 0.2) is 0 Å². The van der Waals surface area contributed by atoms with Gasteiger partial charge in [0, 0.05) is 32.5 Å². The van der Waals surface area contributed by atoms with Crippen molar-refractivity contribution in [3.8, 4) is 0 Å². The van der Waals surface area contributed by atoms with E-state index in [4.69, 9.17) is 9.47 Å². The lowest BCUT2D eigenvalue weighted by molar-refractivity contribution is -0.948. The maximum Gasteiger partial charge on any atom is 0.0909 e. The Bertz CT molecular complexity index is 447. The second-order valence-corrected chi connectivity index (χ2v) is 8.72. The fourth-order valence-corrected chi connectivity index (χ4v) is 6.62. The van der Waals surface area contributed by atoms with Crippen LogP contribution in [-0.4, -0.2) is 62.9 Å². The number of aliphatic hydroxyl groups excluding tert-OH is 1. The van der Waals surface area contributed by atoms with Gasteiger partial charge in [-0.15, -0.1) is 0 Å². The number of nitrogens with one attached hydrogen (secondary N) is 1. The molecule has 4 aliphatic rings. The van der Waals surface area contributed by atoms with Gasteiger partial charge < -0.3 is 24.6 Å². The third kappa shape index (κ3) is 2.82. The van der Waals surface area contributed by atoms with Crippen LogP contribution < -0.4 is 10.0 Å². The molecule has 10 unspecified atom stereocenters. The summed E-state index contributed by atoms with van der Waals surface area (Å²) in [6.07, 6.45) is 5.30. The van der Waals surface area contributed by atoms with Gasteiger partial charge in [0.05, 0.1) is 37.4 Å². The van der Waals surface area contributed by atoms with Crippen LogP contribution in [0.2, 0.25) is 0 Å². The molecule has 10 atom stereocenters. The van der Waals surface area contributed by atoms with Crippen molar-refractivity contribution < 1.29 is 24.6 Å². The zero-order valence-corrected chi connectivity index (χ0v) is 15.0. The molecule has 2 saturated carbocycles. The summed E-state index contributed by atoms with van der Waals surface area (Å²) in [7, 11) is 3.44. The summed E-state index contributed by atoms with van der Waals surface area (Å²) in [5, 5.41) is 22.7. The summed E-state index contributed by atoms with van der Waals surface area (Å²) < 4.78 is 11.1. The number of quaternary nitrogens is 1. The van der Waals surface area contributed by atoms with Crippen molar-refractivity contribution in [2.45, 2.75) is 69.0 Å². The predicted molar refractivity (Wildman–Crippen MR) is 87.5 cm³/mol. The molecule has 0 spiro atoms. The number of hydrogen-bond acceptors (Lipinski definition) is 4. The molecule has 0 amide bonds. The van der Waals surface area contributed by atoms with Gasteiger partial charge in [0.1, 0.15) is 0 Å². The minimum absolute atomic E-state index is 0.0258. The lowest BCUT2D eigenvalue weighted by atomic mass is 9.62. The highest BCUT2D eigenvalue weighted by Crippen LogP contribution is 2.43. The molecule has 2 aliphatic carbocycles. The summed E-state index contributed by atoms with van der Waals surface area (Å²) in [6, 6.07) is 0.665. The van der Waals surface area contributed by atoms with Gasteiger partial charge >= 0.3 is 0 Å². The third-order valence-corrected chi connectivity index (χ3v) is 7.81. The number of ether oxygens (including phenoxy) is 2. The van der Waals surface area contributed by atoms with Gasteiger partial charge in [-0.25, -0.2) is 0 Å². The quantitative estimate of drug-likeness (QED) is 0.693. The summed E-state index contributed by atoms with van der Waals surface area (Å²) in [6.45, 7) is 2.31. The van der Waals surface area contributed by atoms with Crippen LogP contribution in [0.4, 0.5) is 0 Å². The van der Waals surface area contributed by atoms with Gasteiger partial charge in [0.25, 0.3) is 0 Å².